The number of benzene rings is 3. The van der Waals surface area contributed by atoms with Crippen LogP contribution < -0.4 is 5.73 Å². The molecule has 1 aliphatic carbocycles. The molecular weight excluding hydrogens is 352 g/mol. The Kier molecular flexibility index (Phi) is 4.37. The van der Waals surface area contributed by atoms with Gasteiger partial charge >= 0.3 is 0 Å². The molecule has 5 rings (SSSR count). The van der Waals surface area contributed by atoms with Gasteiger partial charge in [-0.25, -0.2) is 4.98 Å². The number of nitrogens with two attached hydrogens (primary N) is 1. The Hall–Kier alpha value is -2.84. The highest BCUT2D eigenvalue weighted by Crippen LogP contribution is 2.45. The van der Waals surface area contributed by atoms with Gasteiger partial charge in [0, 0.05) is 16.9 Å². The molecule has 3 heteroatoms. The second-order valence-electron chi connectivity index (χ2n) is 7.13. The number of nitrogen functional groups attached to an aromatic ring is 1. The van der Waals surface area contributed by atoms with Crippen molar-refractivity contribution in [2.45, 2.75) is 19.3 Å². The minimum absolute atomic E-state index is 0. The molecule has 0 saturated heterocycles. The first kappa shape index (κ1) is 17.6. The number of fused-ring (bicyclic) bond motifs is 5. The lowest BCUT2D eigenvalue weighted by Crippen LogP contribution is -2.15. The topological polar surface area (TPSA) is 38.9 Å². The van der Waals surface area contributed by atoms with E-state index >= 15 is 0 Å². The third kappa shape index (κ3) is 2.77. The molecule has 1 unspecified atom stereocenters. The maximum atomic E-state index is 6.33. The van der Waals surface area contributed by atoms with Crippen LogP contribution in [0.15, 0.2) is 72.8 Å². The van der Waals surface area contributed by atoms with Gasteiger partial charge in [-0.05, 0) is 35.4 Å². The number of halogens is 1. The van der Waals surface area contributed by atoms with Crippen molar-refractivity contribution in [2.24, 2.45) is 0 Å². The van der Waals surface area contributed by atoms with E-state index in [0.29, 0.717) is 11.7 Å². The molecule has 1 aliphatic rings. The Balaban J connectivity index is 0.00000180. The zero-order valence-electron chi connectivity index (χ0n) is 15.1. The van der Waals surface area contributed by atoms with Crippen LogP contribution in [0.2, 0.25) is 0 Å². The Morgan fingerprint density at radius 3 is 2.30 bits per heavy atom. The summed E-state index contributed by atoms with van der Waals surface area (Å²) in [5, 5.41) is 2.26. The SMILES string of the molecule is Cc1ccc(C2Cc3ccccc3-c3nc(N)c4ccccc4c32)cc1.Cl. The maximum absolute atomic E-state index is 6.33. The molecule has 0 saturated carbocycles. The molecule has 134 valence electrons. The van der Waals surface area contributed by atoms with Crippen LogP contribution in [0.3, 0.4) is 0 Å². The van der Waals surface area contributed by atoms with Gasteiger partial charge in [0.15, 0.2) is 0 Å². The van der Waals surface area contributed by atoms with Crippen molar-refractivity contribution in [3.05, 3.63) is 95.1 Å². The molecule has 0 spiro atoms. The van der Waals surface area contributed by atoms with Crippen LogP contribution in [0.4, 0.5) is 5.82 Å². The monoisotopic (exact) mass is 372 g/mol. The van der Waals surface area contributed by atoms with E-state index in [1.165, 1.54) is 33.2 Å². The van der Waals surface area contributed by atoms with Gasteiger partial charge in [0.05, 0.1) is 5.69 Å². The van der Waals surface area contributed by atoms with Crippen molar-refractivity contribution < 1.29 is 0 Å². The van der Waals surface area contributed by atoms with E-state index in [1.54, 1.807) is 0 Å². The minimum Gasteiger partial charge on any atom is -0.383 e. The summed E-state index contributed by atoms with van der Waals surface area (Å²) in [7, 11) is 0. The van der Waals surface area contributed by atoms with Crippen molar-refractivity contribution in [3.8, 4) is 11.3 Å². The van der Waals surface area contributed by atoms with E-state index in [4.69, 9.17) is 10.7 Å². The largest absolute Gasteiger partial charge is 0.383 e. The van der Waals surface area contributed by atoms with Crippen LogP contribution in [0, 0.1) is 6.92 Å². The summed E-state index contributed by atoms with van der Waals surface area (Å²) in [5.41, 5.74) is 13.8. The third-order valence-corrected chi connectivity index (χ3v) is 5.51. The summed E-state index contributed by atoms with van der Waals surface area (Å²) in [6, 6.07) is 25.9. The minimum atomic E-state index is 0. The van der Waals surface area contributed by atoms with Gasteiger partial charge in [-0.2, -0.15) is 0 Å². The van der Waals surface area contributed by atoms with Crippen molar-refractivity contribution in [1.29, 1.82) is 0 Å². The average molecular weight is 373 g/mol. The highest BCUT2D eigenvalue weighted by Gasteiger charge is 2.29. The molecule has 4 aromatic rings. The quantitative estimate of drug-likeness (QED) is 0.451. The Bertz CT molecular complexity index is 1130. The van der Waals surface area contributed by atoms with Gasteiger partial charge < -0.3 is 5.73 Å². The fraction of sp³-hybridized carbons (Fsp3) is 0.125. The Morgan fingerprint density at radius 2 is 1.52 bits per heavy atom. The normalized spacial score (nSPS) is 14.9. The van der Waals surface area contributed by atoms with Crippen LogP contribution in [0.5, 0.6) is 0 Å². The number of aryl methyl sites for hydroxylation is 1. The molecule has 27 heavy (non-hydrogen) atoms. The first-order chi connectivity index (χ1) is 12.7. The van der Waals surface area contributed by atoms with Crippen LogP contribution >= 0.6 is 12.4 Å². The number of nitrogens with zero attached hydrogens (tertiary/aromatic N) is 1. The van der Waals surface area contributed by atoms with Crippen LogP contribution in [0.25, 0.3) is 22.0 Å². The number of hydrogen-bond donors (Lipinski definition) is 1. The Labute approximate surface area is 165 Å². The zero-order valence-corrected chi connectivity index (χ0v) is 16.0. The molecular formula is C24H21ClN2. The van der Waals surface area contributed by atoms with Crippen LogP contribution in [0.1, 0.15) is 28.2 Å². The highest BCUT2D eigenvalue weighted by molar-refractivity contribution is 5.98. The first-order valence-electron chi connectivity index (χ1n) is 9.05. The van der Waals surface area contributed by atoms with E-state index in [9.17, 15) is 0 Å². The molecule has 1 aromatic heterocycles. The summed E-state index contributed by atoms with van der Waals surface area (Å²) in [4.78, 5) is 4.85. The standard InChI is InChI=1S/C24H20N2.ClH/c1-15-10-12-16(13-11-15)21-14-17-6-2-3-7-18(17)23-22(21)19-8-4-5-9-20(19)24(25)26-23;/h2-13,21H,14H2,1H3,(H2,25,26);1H. The zero-order chi connectivity index (χ0) is 17.7. The second kappa shape index (κ2) is 6.71. The molecule has 1 heterocycles. The van der Waals surface area contributed by atoms with Gasteiger partial charge in [-0.15, -0.1) is 12.4 Å². The van der Waals surface area contributed by atoms with Crippen molar-refractivity contribution >= 4 is 29.0 Å². The Morgan fingerprint density at radius 1 is 0.852 bits per heavy atom. The second-order valence-corrected chi connectivity index (χ2v) is 7.13. The predicted molar refractivity (Wildman–Crippen MR) is 116 cm³/mol. The number of aromatic nitrogens is 1. The predicted octanol–water partition coefficient (Wildman–Crippen LogP) is 5.90. The van der Waals surface area contributed by atoms with Crippen molar-refractivity contribution in [3.63, 3.8) is 0 Å². The molecule has 3 aromatic carbocycles. The number of hydrogen-bond acceptors (Lipinski definition) is 2. The summed E-state index contributed by atoms with van der Waals surface area (Å²) < 4.78 is 0. The molecule has 0 bridgehead atoms. The molecule has 0 aliphatic heterocycles. The van der Waals surface area contributed by atoms with E-state index in [2.05, 4.69) is 73.7 Å². The maximum Gasteiger partial charge on any atom is 0.131 e. The van der Waals surface area contributed by atoms with Gasteiger partial charge in [0.25, 0.3) is 0 Å². The first-order valence-corrected chi connectivity index (χ1v) is 9.05. The molecule has 1 atom stereocenters. The fourth-order valence-electron chi connectivity index (χ4n) is 4.20. The smallest absolute Gasteiger partial charge is 0.131 e. The van der Waals surface area contributed by atoms with Crippen molar-refractivity contribution in [1.82, 2.24) is 4.98 Å². The average Bonchev–Trinajstić information content (AvgIpc) is 2.68. The summed E-state index contributed by atoms with van der Waals surface area (Å²) in [6.45, 7) is 2.13. The van der Waals surface area contributed by atoms with Crippen LogP contribution in [-0.4, -0.2) is 4.98 Å². The van der Waals surface area contributed by atoms with Crippen molar-refractivity contribution in [2.75, 3.05) is 5.73 Å². The number of pyridine rings is 1. The molecule has 2 N–H and O–H groups in total. The van der Waals surface area contributed by atoms with Gasteiger partial charge in [0.1, 0.15) is 5.82 Å². The van der Waals surface area contributed by atoms with Gasteiger partial charge in [-0.1, -0.05) is 78.4 Å². The fourth-order valence-corrected chi connectivity index (χ4v) is 4.20. The summed E-state index contributed by atoms with van der Waals surface area (Å²) >= 11 is 0. The third-order valence-electron chi connectivity index (χ3n) is 5.51. The molecule has 2 nitrogen and oxygen atoms in total. The van der Waals surface area contributed by atoms with Crippen LogP contribution in [-0.2, 0) is 6.42 Å². The molecule has 0 radical (unpaired) electrons. The van der Waals surface area contributed by atoms with Gasteiger partial charge in [0.2, 0.25) is 0 Å². The molecule has 0 fully saturated rings. The van der Waals surface area contributed by atoms with E-state index < -0.39 is 0 Å². The molecule has 0 amide bonds. The van der Waals surface area contributed by atoms with Gasteiger partial charge in [-0.3, -0.25) is 0 Å². The lowest BCUT2D eigenvalue weighted by atomic mass is 9.76. The summed E-state index contributed by atoms with van der Waals surface area (Å²) in [6.07, 6.45) is 0.988. The van der Waals surface area contributed by atoms with E-state index in [-0.39, 0.29) is 12.4 Å². The lowest BCUT2D eigenvalue weighted by molar-refractivity contribution is 0.794. The van der Waals surface area contributed by atoms with E-state index in [1.807, 2.05) is 6.07 Å². The number of anilines is 1. The lowest BCUT2D eigenvalue weighted by Gasteiger charge is -2.29. The highest BCUT2D eigenvalue weighted by atomic mass is 35.5. The summed E-state index contributed by atoms with van der Waals surface area (Å²) in [5.74, 6) is 0.900. The number of rotatable bonds is 1. The van der Waals surface area contributed by atoms with E-state index in [0.717, 1.165) is 17.5 Å².